The molecule has 0 heterocycles. The molecule has 2 aromatic rings. The summed E-state index contributed by atoms with van der Waals surface area (Å²) in [6.45, 7) is 7.72. The van der Waals surface area contributed by atoms with Crippen molar-refractivity contribution in [3.05, 3.63) is 48.5 Å². The van der Waals surface area contributed by atoms with Crippen molar-refractivity contribution in [1.82, 2.24) is 5.32 Å². The maximum absolute atomic E-state index is 13.5. The Bertz CT molecular complexity index is 967. The van der Waals surface area contributed by atoms with Crippen molar-refractivity contribution in [2.45, 2.75) is 38.6 Å². The summed E-state index contributed by atoms with van der Waals surface area (Å²) in [5.74, 6) is 0.833. The zero-order chi connectivity index (χ0) is 23.2. The number of ether oxygens (including phenoxy) is 2. The summed E-state index contributed by atoms with van der Waals surface area (Å²) in [5, 5.41) is 2.99. The van der Waals surface area contributed by atoms with Gasteiger partial charge in [-0.3, -0.25) is 9.10 Å². The van der Waals surface area contributed by atoms with Gasteiger partial charge in [-0.25, -0.2) is 8.42 Å². The molecule has 0 saturated carbocycles. The largest absolute Gasteiger partial charge is 0.497 e. The Morgan fingerprint density at radius 2 is 1.58 bits per heavy atom. The first kappa shape index (κ1) is 24.5. The molecule has 0 aliphatic rings. The number of hydrogen-bond donors (Lipinski definition) is 1. The molecule has 0 spiro atoms. The van der Waals surface area contributed by atoms with E-state index in [1.807, 2.05) is 27.7 Å². The standard InChI is InChI=1S/C23H32N2O5S/c1-16(2)23(17(3)4)24-22(26)15-25(31(27,28)19-10-8-7-9-11-19)20-13-12-18(29-5)14-21(20)30-6/h7-14,16-17,23H,15H2,1-6H3,(H,24,26). The molecule has 2 aromatic carbocycles. The number of carbonyl (C=O) groups excluding carboxylic acids is 1. The van der Waals surface area contributed by atoms with Crippen LogP contribution in [0.15, 0.2) is 53.4 Å². The molecule has 7 nitrogen and oxygen atoms in total. The van der Waals surface area contributed by atoms with E-state index in [0.717, 1.165) is 4.31 Å². The predicted octanol–water partition coefficient (Wildman–Crippen LogP) is 3.70. The summed E-state index contributed by atoms with van der Waals surface area (Å²) >= 11 is 0. The summed E-state index contributed by atoms with van der Waals surface area (Å²) in [6, 6.07) is 12.7. The van der Waals surface area contributed by atoms with Crippen molar-refractivity contribution in [2.24, 2.45) is 11.8 Å². The van der Waals surface area contributed by atoms with Crippen LogP contribution in [0.1, 0.15) is 27.7 Å². The van der Waals surface area contributed by atoms with E-state index in [1.165, 1.54) is 26.4 Å². The maximum atomic E-state index is 13.5. The second-order valence-electron chi connectivity index (χ2n) is 7.94. The number of amides is 1. The van der Waals surface area contributed by atoms with Gasteiger partial charge in [-0.2, -0.15) is 0 Å². The number of hydrogen-bond acceptors (Lipinski definition) is 5. The highest BCUT2D eigenvalue weighted by Crippen LogP contribution is 2.35. The van der Waals surface area contributed by atoms with E-state index in [1.54, 1.807) is 36.4 Å². The van der Waals surface area contributed by atoms with E-state index in [9.17, 15) is 13.2 Å². The van der Waals surface area contributed by atoms with Gasteiger partial charge in [-0.1, -0.05) is 45.9 Å². The Kier molecular flexibility index (Phi) is 8.33. The lowest BCUT2D eigenvalue weighted by atomic mass is 9.93. The summed E-state index contributed by atoms with van der Waals surface area (Å²) in [6.07, 6.45) is 0. The molecular weight excluding hydrogens is 416 g/mol. The van der Waals surface area contributed by atoms with Gasteiger partial charge in [-0.05, 0) is 36.1 Å². The molecule has 0 aliphatic heterocycles. The number of anilines is 1. The molecule has 1 N–H and O–H groups in total. The lowest BCUT2D eigenvalue weighted by Gasteiger charge is -2.29. The van der Waals surface area contributed by atoms with Crippen molar-refractivity contribution in [3.63, 3.8) is 0 Å². The minimum atomic E-state index is -4.03. The van der Waals surface area contributed by atoms with Crippen LogP contribution in [-0.4, -0.2) is 41.1 Å². The van der Waals surface area contributed by atoms with Crippen LogP contribution in [0.4, 0.5) is 5.69 Å². The van der Waals surface area contributed by atoms with Gasteiger partial charge in [0.25, 0.3) is 10.0 Å². The summed E-state index contributed by atoms with van der Waals surface area (Å²) in [5.41, 5.74) is 0.257. The Hall–Kier alpha value is -2.74. The van der Waals surface area contributed by atoms with E-state index in [2.05, 4.69) is 5.32 Å². The lowest BCUT2D eigenvalue weighted by molar-refractivity contribution is -0.121. The first-order chi connectivity index (χ1) is 14.6. The number of rotatable bonds is 10. The third-order valence-electron chi connectivity index (χ3n) is 5.04. The molecular formula is C23H32N2O5S. The first-order valence-electron chi connectivity index (χ1n) is 10.2. The number of nitrogens with one attached hydrogen (secondary N) is 1. The van der Waals surface area contributed by atoms with Crippen molar-refractivity contribution >= 4 is 21.6 Å². The molecule has 0 fully saturated rings. The van der Waals surface area contributed by atoms with Crippen molar-refractivity contribution in [1.29, 1.82) is 0 Å². The van der Waals surface area contributed by atoms with Gasteiger partial charge in [0.05, 0.1) is 24.8 Å². The van der Waals surface area contributed by atoms with Crippen LogP contribution in [0.25, 0.3) is 0 Å². The molecule has 0 unspecified atom stereocenters. The van der Waals surface area contributed by atoms with Crippen molar-refractivity contribution in [3.8, 4) is 11.5 Å². The molecule has 0 radical (unpaired) electrons. The molecule has 0 atom stereocenters. The fourth-order valence-corrected chi connectivity index (χ4v) is 4.93. The molecule has 8 heteroatoms. The number of carbonyl (C=O) groups is 1. The zero-order valence-electron chi connectivity index (χ0n) is 19.0. The highest BCUT2D eigenvalue weighted by molar-refractivity contribution is 7.92. The van der Waals surface area contributed by atoms with Crippen LogP contribution in [-0.2, 0) is 14.8 Å². The average molecular weight is 449 g/mol. The van der Waals surface area contributed by atoms with Crippen LogP contribution in [0.3, 0.4) is 0 Å². The van der Waals surface area contributed by atoms with Crippen molar-refractivity contribution in [2.75, 3.05) is 25.1 Å². The predicted molar refractivity (Wildman–Crippen MR) is 122 cm³/mol. The minimum absolute atomic E-state index is 0.0773. The average Bonchev–Trinajstić information content (AvgIpc) is 2.75. The third kappa shape index (κ3) is 5.91. The highest BCUT2D eigenvalue weighted by Gasteiger charge is 2.31. The van der Waals surface area contributed by atoms with Crippen LogP contribution in [0.2, 0.25) is 0 Å². The van der Waals surface area contributed by atoms with Gasteiger partial charge in [0.15, 0.2) is 0 Å². The minimum Gasteiger partial charge on any atom is -0.497 e. The monoisotopic (exact) mass is 448 g/mol. The molecule has 0 saturated heterocycles. The fourth-order valence-electron chi connectivity index (χ4n) is 3.48. The third-order valence-corrected chi connectivity index (χ3v) is 6.81. The molecule has 0 aromatic heterocycles. The van der Waals surface area contributed by atoms with E-state index in [4.69, 9.17) is 9.47 Å². The Morgan fingerprint density at radius 3 is 2.10 bits per heavy atom. The Labute approximate surface area is 185 Å². The number of nitrogens with zero attached hydrogens (tertiary/aromatic N) is 1. The second-order valence-corrected chi connectivity index (χ2v) is 9.81. The lowest BCUT2D eigenvalue weighted by Crippen LogP contribution is -2.48. The summed E-state index contributed by atoms with van der Waals surface area (Å²) < 4.78 is 38.7. The van der Waals surface area contributed by atoms with Crippen LogP contribution in [0, 0.1) is 11.8 Å². The fraction of sp³-hybridized carbons (Fsp3) is 0.435. The Morgan fingerprint density at radius 1 is 0.968 bits per heavy atom. The topological polar surface area (TPSA) is 84.9 Å². The second kappa shape index (κ2) is 10.5. The SMILES string of the molecule is COc1ccc(N(CC(=O)NC(C(C)C)C(C)C)S(=O)(=O)c2ccccc2)c(OC)c1. The molecule has 1 amide bonds. The quantitative estimate of drug-likeness (QED) is 0.599. The highest BCUT2D eigenvalue weighted by atomic mass is 32.2. The van der Waals surface area contributed by atoms with Crippen molar-refractivity contribution < 1.29 is 22.7 Å². The molecule has 0 aliphatic carbocycles. The first-order valence-corrected chi connectivity index (χ1v) is 11.6. The number of benzene rings is 2. The molecule has 31 heavy (non-hydrogen) atoms. The van der Waals surface area contributed by atoms with Gasteiger partial charge < -0.3 is 14.8 Å². The van der Waals surface area contributed by atoms with Gasteiger partial charge >= 0.3 is 0 Å². The summed E-state index contributed by atoms with van der Waals surface area (Å²) in [7, 11) is -1.07. The smallest absolute Gasteiger partial charge is 0.264 e. The molecule has 0 bridgehead atoms. The summed E-state index contributed by atoms with van der Waals surface area (Å²) in [4.78, 5) is 13.1. The van der Waals surface area contributed by atoms with Gasteiger partial charge in [0.2, 0.25) is 5.91 Å². The van der Waals surface area contributed by atoms with Crippen LogP contribution >= 0.6 is 0 Å². The molecule has 170 valence electrons. The zero-order valence-corrected chi connectivity index (χ0v) is 19.8. The van der Waals surface area contributed by atoms with Gasteiger partial charge in [-0.15, -0.1) is 0 Å². The maximum Gasteiger partial charge on any atom is 0.264 e. The van der Waals surface area contributed by atoms with E-state index >= 15 is 0 Å². The van der Waals surface area contributed by atoms with E-state index < -0.39 is 10.0 Å². The van der Waals surface area contributed by atoms with Crippen LogP contribution < -0.4 is 19.1 Å². The van der Waals surface area contributed by atoms with E-state index in [0.29, 0.717) is 5.75 Å². The van der Waals surface area contributed by atoms with E-state index in [-0.39, 0.29) is 46.7 Å². The van der Waals surface area contributed by atoms with Crippen LogP contribution in [0.5, 0.6) is 11.5 Å². The Balaban J connectivity index is 2.51. The molecule has 2 rings (SSSR count). The number of methoxy groups -OCH3 is 2. The van der Waals surface area contributed by atoms with Gasteiger partial charge in [0, 0.05) is 12.1 Å². The van der Waals surface area contributed by atoms with Gasteiger partial charge in [0.1, 0.15) is 18.0 Å². The normalized spacial score (nSPS) is 11.6. The number of sulfonamides is 1.